The molecule has 1 aromatic rings. The molecule has 1 atom stereocenters. The molecule has 1 amide bonds. The summed E-state index contributed by atoms with van der Waals surface area (Å²) >= 11 is 5.90. The van der Waals surface area contributed by atoms with E-state index in [1.807, 2.05) is 32.0 Å². The first kappa shape index (κ1) is 13.4. The van der Waals surface area contributed by atoms with E-state index in [1.165, 1.54) is 5.56 Å². The number of alkyl halides is 1. The van der Waals surface area contributed by atoms with E-state index < -0.39 is 0 Å². The van der Waals surface area contributed by atoms with Gasteiger partial charge in [0.15, 0.2) is 0 Å². The van der Waals surface area contributed by atoms with Gasteiger partial charge in [0.2, 0.25) is 0 Å². The van der Waals surface area contributed by atoms with Crippen molar-refractivity contribution in [2.75, 3.05) is 5.88 Å². The Labute approximate surface area is 112 Å². The van der Waals surface area contributed by atoms with Gasteiger partial charge in [-0.15, -0.1) is 11.6 Å². The number of hydrogen-bond donors (Lipinski definition) is 1. The monoisotopic (exact) mass is 267 g/mol. The van der Waals surface area contributed by atoms with Gasteiger partial charge in [0, 0.05) is 11.4 Å². The Hall–Kier alpha value is -1.06. The smallest absolute Gasteiger partial charge is 0.251 e. The maximum absolute atomic E-state index is 12.2. The van der Waals surface area contributed by atoms with Crippen LogP contribution < -0.4 is 5.32 Å². The van der Waals surface area contributed by atoms with E-state index in [0.717, 1.165) is 12.0 Å². The van der Waals surface area contributed by atoms with Gasteiger partial charge in [0.25, 0.3) is 5.91 Å². The first-order valence-electron chi connectivity index (χ1n) is 6.16. The van der Waals surface area contributed by atoms with Crippen molar-refractivity contribution >= 4 is 17.5 Å². The maximum atomic E-state index is 12.2. The SMILES string of the molecule is CCC(C)(CCl)NC(=O)c1ccc2c(c1)COC2. The number of amides is 1. The lowest BCUT2D eigenvalue weighted by Gasteiger charge is -2.27. The first-order chi connectivity index (χ1) is 8.58. The number of nitrogens with one attached hydrogen (secondary N) is 1. The molecular weight excluding hydrogens is 250 g/mol. The number of fused-ring (bicyclic) bond motifs is 1. The minimum atomic E-state index is -0.353. The predicted octanol–water partition coefficient (Wildman–Crippen LogP) is 2.85. The molecule has 1 aliphatic rings. The molecule has 4 heteroatoms. The van der Waals surface area contributed by atoms with E-state index in [1.54, 1.807) is 0 Å². The van der Waals surface area contributed by atoms with E-state index in [0.29, 0.717) is 24.7 Å². The van der Waals surface area contributed by atoms with Crippen molar-refractivity contribution in [2.24, 2.45) is 0 Å². The second-order valence-electron chi connectivity index (χ2n) is 4.98. The predicted molar refractivity (Wildman–Crippen MR) is 71.8 cm³/mol. The third-order valence-corrected chi connectivity index (χ3v) is 4.06. The number of halogens is 1. The summed E-state index contributed by atoms with van der Waals surface area (Å²) < 4.78 is 5.34. The molecule has 0 radical (unpaired) electrons. The van der Waals surface area contributed by atoms with Gasteiger partial charge in [-0.25, -0.2) is 0 Å². The Bertz CT molecular complexity index is 455. The van der Waals surface area contributed by atoms with Crippen LogP contribution in [0.2, 0.25) is 0 Å². The van der Waals surface area contributed by atoms with Crippen LogP contribution in [-0.2, 0) is 18.0 Å². The van der Waals surface area contributed by atoms with Gasteiger partial charge in [-0.1, -0.05) is 13.0 Å². The molecule has 0 saturated heterocycles. The number of rotatable bonds is 4. The highest BCUT2D eigenvalue weighted by molar-refractivity contribution is 6.18. The summed E-state index contributed by atoms with van der Waals surface area (Å²) in [4.78, 5) is 12.2. The van der Waals surface area contributed by atoms with Crippen molar-refractivity contribution in [3.8, 4) is 0 Å². The van der Waals surface area contributed by atoms with Crippen LogP contribution in [0.1, 0.15) is 41.8 Å². The highest BCUT2D eigenvalue weighted by atomic mass is 35.5. The van der Waals surface area contributed by atoms with Crippen LogP contribution in [0, 0.1) is 0 Å². The number of carbonyl (C=O) groups is 1. The van der Waals surface area contributed by atoms with Gasteiger partial charge in [0.1, 0.15) is 0 Å². The zero-order valence-electron chi connectivity index (χ0n) is 10.8. The Morgan fingerprint density at radius 3 is 2.83 bits per heavy atom. The average molecular weight is 268 g/mol. The summed E-state index contributed by atoms with van der Waals surface area (Å²) in [7, 11) is 0. The van der Waals surface area contributed by atoms with Crippen molar-refractivity contribution in [1.29, 1.82) is 0 Å². The van der Waals surface area contributed by atoms with Crippen LogP contribution >= 0.6 is 11.6 Å². The molecule has 1 aliphatic heterocycles. The molecule has 0 bridgehead atoms. The zero-order valence-corrected chi connectivity index (χ0v) is 11.5. The summed E-state index contributed by atoms with van der Waals surface area (Å²) in [5, 5.41) is 2.99. The third-order valence-electron chi connectivity index (χ3n) is 3.47. The van der Waals surface area contributed by atoms with Crippen molar-refractivity contribution in [3.05, 3.63) is 34.9 Å². The molecule has 98 valence electrons. The van der Waals surface area contributed by atoms with Crippen molar-refractivity contribution < 1.29 is 9.53 Å². The summed E-state index contributed by atoms with van der Waals surface area (Å²) in [6, 6.07) is 5.70. The molecule has 0 aliphatic carbocycles. The van der Waals surface area contributed by atoms with Gasteiger partial charge in [-0.3, -0.25) is 4.79 Å². The van der Waals surface area contributed by atoms with Gasteiger partial charge in [0.05, 0.1) is 18.8 Å². The fourth-order valence-corrected chi connectivity index (χ4v) is 2.13. The molecule has 0 fully saturated rings. The highest BCUT2D eigenvalue weighted by Gasteiger charge is 2.24. The standard InChI is InChI=1S/C14H18ClNO2/c1-3-14(2,9-15)16-13(17)10-4-5-11-7-18-8-12(11)6-10/h4-6H,3,7-9H2,1-2H3,(H,16,17). The third kappa shape index (κ3) is 2.68. The lowest BCUT2D eigenvalue weighted by atomic mass is 10.00. The minimum absolute atomic E-state index is 0.0744. The molecule has 1 unspecified atom stereocenters. The van der Waals surface area contributed by atoms with Crippen molar-refractivity contribution in [2.45, 2.75) is 39.0 Å². The zero-order chi connectivity index (χ0) is 13.2. The van der Waals surface area contributed by atoms with Gasteiger partial charge in [-0.05, 0) is 36.6 Å². The van der Waals surface area contributed by atoms with Gasteiger partial charge < -0.3 is 10.1 Å². The Kier molecular flexibility index (Phi) is 3.93. The van der Waals surface area contributed by atoms with Crippen molar-refractivity contribution in [1.82, 2.24) is 5.32 Å². The van der Waals surface area contributed by atoms with E-state index in [9.17, 15) is 4.79 Å². The van der Waals surface area contributed by atoms with Crippen LogP contribution in [0.3, 0.4) is 0 Å². The molecule has 0 aromatic heterocycles. The summed E-state index contributed by atoms with van der Waals surface area (Å²) in [5.41, 5.74) is 2.59. The van der Waals surface area contributed by atoms with Crippen LogP contribution in [0.25, 0.3) is 0 Å². The lowest BCUT2D eigenvalue weighted by Crippen LogP contribution is -2.47. The second-order valence-corrected chi connectivity index (χ2v) is 5.25. The minimum Gasteiger partial charge on any atom is -0.372 e. The Balaban J connectivity index is 2.14. The van der Waals surface area contributed by atoms with Gasteiger partial charge >= 0.3 is 0 Å². The Morgan fingerprint density at radius 1 is 1.44 bits per heavy atom. The van der Waals surface area contributed by atoms with Crippen LogP contribution in [0.4, 0.5) is 0 Å². The molecule has 1 heterocycles. The van der Waals surface area contributed by atoms with Crippen LogP contribution in [0.15, 0.2) is 18.2 Å². The molecule has 0 saturated carbocycles. The van der Waals surface area contributed by atoms with E-state index in [2.05, 4.69) is 5.32 Å². The summed E-state index contributed by atoms with van der Waals surface area (Å²) in [6.07, 6.45) is 0.802. The fraction of sp³-hybridized carbons (Fsp3) is 0.500. The van der Waals surface area contributed by atoms with Crippen LogP contribution in [0.5, 0.6) is 0 Å². The summed E-state index contributed by atoms with van der Waals surface area (Å²) in [6.45, 7) is 5.20. The fourth-order valence-electron chi connectivity index (χ4n) is 1.88. The maximum Gasteiger partial charge on any atom is 0.251 e. The Morgan fingerprint density at radius 2 is 2.17 bits per heavy atom. The number of hydrogen-bond acceptors (Lipinski definition) is 2. The molecule has 1 aromatic carbocycles. The summed E-state index contributed by atoms with van der Waals surface area (Å²) in [5.74, 6) is 0.332. The highest BCUT2D eigenvalue weighted by Crippen LogP contribution is 2.21. The molecular formula is C14H18ClNO2. The average Bonchev–Trinajstić information content (AvgIpc) is 2.85. The number of carbonyl (C=O) groups excluding carboxylic acids is 1. The molecule has 1 N–H and O–H groups in total. The van der Waals surface area contributed by atoms with Crippen LogP contribution in [-0.4, -0.2) is 17.3 Å². The molecule has 18 heavy (non-hydrogen) atoms. The van der Waals surface area contributed by atoms with Crippen molar-refractivity contribution in [3.63, 3.8) is 0 Å². The lowest BCUT2D eigenvalue weighted by molar-refractivity contribution is 0.0912. The quantitative estimate of drug-likeness (QED) is 0.852. The van der Waals surface area contributed by atoms with E-state index >= 15 is 0 Å². The number of benzene rings is 1. The molecule has 0 spiro atoms. The topological polar surface area (TPSA) is 38.3 Å². The molecule has 2 rings (SSSR count). The molecule has 3 nitrogen and oxygen atoms in total. The van der Waals surface area contributed by atoms with E-state index in [-0.39, 0.29) is 11.4 Å². The van der Waals surface area contributed by atoms with E-state index in [4.69, 9.17) is 16.3 Å². The number of ether oxygens (including phenoxy) is 1. The first-order valence-corrected chi connectivity index (χ1v) is 6.69. The normalized spacial score (nSPS) is 17.1. The largest absolute Gasteiger partial charge is 0.372 e. The van der Waals surface area contributed by atoms with Gasteiger partial charge in [-0.2, -0.15) is 0 Å². The second kappa shape index (κ2) is 5.29.